The molecule has 0 saturated carbocycles. The molecule has 2 aromatic heterocycles. The molecule has 0 amide bonds. The lowest BCUT2D eigenvalue weighted by Gasteiger charge is -2.29. The van der Waals surface area contributed by atoms with Gasteiger partial charge in [-0.1, -0.05) is 24.3 Å². The number of rotatable bonds is 5. The first-order valence-electron chi connectivity index (χ1n) is 11.0. The van der Waals surface area contributed by atoms with Crippen molar-refractivity contribution in [2.45, 2.75) is 25.9 Å². The molecule has 4 aromatic rings. The Morgan fingerprint density at radius 1 is 0.939 bits per heavy atom. The van der Waals surface area contributed by atoms with Crippen LogP contribution in [-0.4, -0.2) is 21.8 Å². The van der Waals surface area contributed by atoms with Crippen LogP contribution in [0.1, 0.15) is 34.6 Å². The Labute approximate surface area is 199 Å². The van der Waals surface area contributed by atoms with Crippen LogP contribution < -0.4 is 15.0 Å². The van der Waals surface area contributed by atoms with Crippen LogP contribution in [0.25, 0.3) is 5.69 Å². The van der Waals surface area contributed by atoms with E-state index in [0.717, 1.165) is 28.5 Å². The Hall–Kier alpha value is -3.64. The third-order valence-corrected chi connectivity index (χ3v) is 6.61. The first-order chi connectivity index (χ1) is 16.1. The summed E-state index contributed by atoms with van der Waals surface area (Å²) in [6.07, 6.45) is 3.90. The number of benzene rings is 2. The molecule has 1 N–H and O–H groups in total. The highest BCUT2D eigenvalue weighted by molar-refractivity contribution is 7.80. The standard InChI is InChI=1S/C27H26N4OS/c1-18-13-14-20(17-19(18)2)31-26(25(29-27(31)33)21-9-6-7-15-28-21)23-11-8-16-30(23)22-10-4-5-12-24(22)32-3/h4-17,25-26H,1-3H3,(H,29,33)/t25-,26+/m1/s1. The second-order valence-electron chi connectivity index (χ2n) is 8.24. The molecule has 2 atom stereocenters. The van der Waals surface area contributed by atoms with Crippen molar-refractivity contribution in [1.82, 2.24) is 14.9 Å². The van der Waals surface area contributed by atoms with Gasteiger partial charge in [0.05, 0.1) is 24.5 Å². The third-order valence-electron chi connectivity index (χ3n) is 6.29. The number of methoxy groups -OCH3 is 1. The van der Waals surface area contributed by atoms with Crippen LogP contribution >= 0.6 is 12.2 Å². The van der Waals surface area contributed by atoms with Crippen LogP contribution in [0.2, 0.25) is 0 Å². The first-order valence-corrected chi connectivity index (χ1v) is 11.4. The van der Waals surface area contributed by atoms with Crippen molar-refractivity contribution in [3.05, 3.63) is 108 Å². The molecule has 166 valence electrons. The SMILES string of the molecule is COc1ccccc1-n1cccc1[C@H]1[C@@H](c2ccccn2)NC(=S)N1c1ccc(C)c(C)c1. The molecule has 5 nitrogen and oxygen atoms in total. The van der Waals surface area contributed by atoms with Crippen LogP contribution in [0.4, 0.5) is 5.69 Å². The van der Waals surface area contributed by atoms with Gasteiger partial charge < -0.3 is 19.5 Å². The number of nitrogens with one attached hydrogen (secondary N) is 1. The van der Waals surface area contributed by atoms with Crippen molar-refractivity contribution in [1.29, 1.82) is 0 Å². The van der Waals surface area contributed by atoms with Crippen LogP contribution in [0, 0.1) is 13.8 Å². The van der Waals surface area contributed by atoms with Gasteiger partial charge in [-0.25, -0.2) is 0 Å². The van der Waals surface area contributed by atoms with Crippen molar-refractivity contribution >= 4 is 23.0 Å². The van der Waals surface area contributed by atoms with Crippen molar-refractivity contribution in [2.75, 3.05) is 12.0 Å². The highest BCUT2D eigenvalue weighted by Crippen LogP contribution is 2.43. The van der Waals surface area contributed by atoms with Gasteiger partial charge in [0.25, 0.3) is 0 Å². The number of thiocarbonyl (C=S) groups is 1. The first kappa shape index (κ1) is 21.2. The fourth-order valence-electron chi connectivity index (χ4n) is 4.49. The largest absolute Gasteiger partial charge is 0.495 e. The third kappa shape index (κ3) is 3.76. The maximum Gasteiger partial charge on any atom is 0.174 e. The van der Waals surface area contributed by atoms with Gasteiger partial charge in [-0.3, -0.25) is 4.98 Å². The fourth-order valence-corrected chi connectivity index (χ4v) is 4.84. The molecule has 1 saturated heterocycles. The van der Waals surface area contributed by atoms with Crippen LogP contribution in [0.15, 0.2) is 85.2 Å². The summed E-state index contributed by atoms with van der Waals surface area (Å²) in [4.78, 5) is 6.88. The molecular formula is C27H26N4OS. The van der Waals surface area contributed by atoms with Gasteiger partial charge in [-0.15, -0.1) is 0 Å². The zero-order chi connectivity index (χ0) is 22.9. The van der Waals surface area contributed by atoms with E-state index >= 15 is 0 Å². The van der Waals surface area contributed by atoms with Gasteiger partial charge in [0.1, 0.15) is 11.8 Å². The highest BCUT2D eigenvalue weighted by Gasteiger charge is 2.42. The Morgan fingerprint density at radius 3 is 2.52 bits per heavy atom. The molecule has 0 bridgehead atoms. The summed E-state index contributed by atoms with van der Waals surface area (Å²) >= 11 is 5.89. The van der Waals surface area contributed by atoms with Crippen molar-refractivity contribution in [2.24, 2.45) is 0 Å². The Kier molecular flexibility index (Phi) is 5.60. The highest BCUT2D eigenvalue weighted by atomic mass is 32.1. The average Bonchev–Trinajstić information content (AvgIpc) is 3.45. The van der Waals surface area contributed by atoms with E-state index in [1.807, 2.05) is 42.6 Å². The van der Waals surface area contributed by atoms with E-state index in [2.05, 4.69) is 76.2 Å². The average molecular weight is 455 g/mol. The smallest absolute Gasteiger partial charge is 0.174 e. The summed E-state index contributed by atoms with van der Waals surface area (Å²) in [7, 11) is 1.70. The molecule has 1 aliphatic rings. The van der Waals surface area contributed by atoms with Gasteiger partial charge in [-0.05, 0) is 85.7 Å². The molecule has 0 spiro atoms. The lowest BCUT2D eigenvalue weighted by molar-refractivity contribution is 0.412. The van der Waals surface area contributed by atoms with E-state index < -0.39 is 0 Å². The Balaban J connectivity index is 1.69. The van der Waals surface area contributed by atoms with Crippen LogP contribution in [0.5, 0.6) is 5.75 Å². The van der Waals surface area contributed by atoms with Gasteiger partial charge in [0.2, 0.25) is 0 Å². The number of nitrogens with zero attached hydrogens (tertiary/aromatic N) is 3. The second kappa shape index (κ2) is 8.71. The number of ether oxygens (including phenoxy) is 1. The minimum absolute atomic E-state index is 0.102. The second-order valence-corrected chi connectivity index (χ2v) is 8.63. The van der Waals surface area contributed by atoms with Crippen LogP contribution in [0.3, 0.4) is 0 Å². The van der Waals surface area contributed by atoms with Crippen molar-refractivity contribution < 1.29 is 4.74 Å². The zero-order valence-corrected chi connectivity index (χ0v) is 19.7. The topological polar surface area (TPSA) is 42.3 Å². The Morgan fingerprint density at radius 2 is 1.76 bits per heavy atom. The number of para-hydroxylation sites is 2. The summed E-state index contributed by atoms with van der Waals surface area (Å²) in [6, 6.07) is 24.6. The normalized spacial score (nSPS) is 17.8. The predicted molar refractivity (Wildman–Crippen MR) is 136 cm³/mol. The van der Waals surface area contributed by atoms with Crippen molar-refractivity contribution in [3.63, 3.8) is 0 Å². The quantitative estimate of drug-likeness (QED) is 0.393. The molecule has 0 unspecified atom stereocenters. The molecule has 2 aromatic carbocycles. The fraction of sp³-hybridized carbons (Fsp3) is 0.185. The number of pyridine rings is 1. The number of anilines is 1. The van der Waals surface area contributed by atoms with E-state index in [9.17, 15) is 0 Å². The molecule has 1 fully saturated rings. The van der Waals surface area contributed by atoms with Crippen molar-refractivity contribution in [3.8, 4) is 11.4 Å². The lowest BCUT2D eigenvalue weighted by Crippen LogP contribution is -2.30. The maximum atomic E-state index is 5.89. The molecular weight excluding hydrogens is 428 g/mol. The van der Waals surface area contributed by atoms with E-state index in [0.29, 0.717) is 5.11 Å². The summed E-state index contributed by atoms with van der Waals surface area (Å²) in [5.41, 5.74) is 6.58. The van der Waals surface area contributed by atoms with Gasteiger partial charge in [0, 0.05) is 23.8 Å². The lowest BCUT2D eigenvalue weighted by atomic mass is 10.00. The number of aryl methyl sites for hydroxylation is 2. The molecule has 0 radical (unpaired) electrons. The van der Waals surface area contributed by atoms with E-state index in [1.165, 1.54) is 11.1 Å². The van der Waals surface area contributed by atoms with E-state index in [1.54, 1.807) is 7.11 Å². The molecule has 33 heavy (non-hydrogen) atoms. The zero-order valence-electron chi connectivity index (χ0n) is 18.9. The minimum Gasteiger partial charge on any atom is -0.495 e. The summed E-state index contributed by atoms with van der Waals surface area (Å²) in [5.74, 6) is 0.815. The minimum atomic E-state index is -0.108. The van der Waals surface area contributed by atoms with Gasteiger partial charge in [0.15, 0.2) is 5.11 Å². The summed E-state index contributed by atoms with van der Waals surface area (Å²) in [5, 5.41) is 4.24. The van der Waals surface area contributed by atoms with Gasteiger partial charge >= 0.3 is 0 Å². The number of hydrogen-bond acceptors (Lipinski definition) is 3. The van der Waals surface area contributed by atoms with Crippen LogP contribution in [-0.2, 0) is 0 Å². The van der Waals surface area contributed by atoms with E-state index in [-0.39, 0.29) is 12.1 Å². The number of aromatic nitrogens is 2. The molecule has 6 heteroatoms. The summed E-state index contributed by atoms with van der Waals surface area (Å²) in [6.45, 7) is 4.26. The van der Waals surface area contributed by atoms with E-state index in [4.69, 9.17) is 17.0 Å². The molecule has 3 heterocycles. The number of hydrogen-bond donors (Lipinski definition) is 1. The summed E-state index contributed by atoms with van der Waals surface area (Å²) < 4.78 is 7.86. The Bertz CT molecular complexity index is 1300. The predicted octanol–water partition coefficient (Wildman–Crippen LogP) is 5.67. The monoisotopic (exact) mass is 454 g/mol. The molecule has 0 aliphatic carbocycles. The van der Waals surface area contributed by atoms with Gasteiger partial charge in [-0.2, -0.15) is 0 Å². The molecule has 1 aliphatic heterocycles. The molecule has 5 rings (SSSR count). The maximum absolute atomic E-state index is 5.89.